The number of hydrogen-bond acceptors (Lipinski definition) is 5. The maximum absolute atomic E-state index is 12.7. The largest absolute Gasteiger partial charge is 0.497 e. The first-order valence-corrected chi connectivity index (χ1v) is 11.3. The summed E-state index contributed by atoms with van der Waals surface area (Å²) in [6, 6.07) is 11.8. The van der Waals surface area contributed by atoms with E-state index in [0.717, 1.165) is 21.9 Å². The molecule has 0 radical (unpaired) electrons. The Morgan fingerprint density at radius 2 is 1.57 bits per heavy atom. The van der Waals surface area contributed by atoms with Crippen LogP contribution in [0.25, 0.3) is 10.9 Å². The van der Waals surface area contributed by atoms with Crippen LogP contribution in [0.2, 0.25) is 0 Å². The van der Waals surface area contributed by atoms with E-state index in [2.05, 4.69) is 0 Å². The van der Waals surface area contributed by atoms with E-state index in [1.165, 1.54) is 0 Å². The summed E-state index contributed by atoms with van der Waals surface area (Å²) in [6.45, 7) is 9.90. The monoisotopic (exact) mass is 427 g/mol. The van der Waals surface area contributed by atoms with E-state index in [9.17, 15) is 8.42 Å². The SMILES string of the molecule is Cc1ccc(S(=O)(=O)Oc2ccc3c(c2)c(B2OC(C)(C)C(C)(C)O2)cn3C)cc1. The molecule has 4 rings (SSSR count). The molecule has 1 saturated heterocycles. The summed E-state index contributed by atoms with van der Waals surface area (Å²) in [5.41, 5.74) is 1.81. The quantitative estimate of drug-likeness (QED) is 0.471. The van der Waals surface area contributed by atoms with Crippen molar-refractivity contribution in [1.29, 1.82) is 0 Å². The molecule has 0 bridgehead atoms. The van der Waals surface area contributed by atoms with Gasteiger partial charge in [-0.05, 0) is 65.0 Å². The second kappa shape index (κ2) is 6.87. The van der Waals surface area contributed by atoms with E-state index in [-0.39, 0.29) is 10.6 Å². The summed E-state index contributed by atoms with van der Waals surface area (Å²) in [5.74, 6) is 0.243. The Hall–Kier alpha value is -2.29. The predicted molar refractivity (Wildman–Crippen MR) is 118 cm³/mol. The average Bonchev–Trinajstić information content (AvgIpc) is 3.07. The zero-order chi connectivity index (χ0) is 21.9. The molecule has 0 saturated carbocycles. The summed E-state index contributed by atoms with van der Waals surface area (Å²) in [6.07, 6.45) is 1.95. The molecule has 0 unspecified atom stereocenters. The second-order valence-corrected chi connectivity index (χ2v) is 10.4. The molecule has 0 atom stereocenters. The molecule has 8 heteroatoms. The highest BCUT2D eigenvalue weighted by molar-refractivity contribution is 7.87. The normalized spacial score (nSPS) is 18.1. The Bertz CT molecular complexity index is 1200. The van der Waals surface area contributed by atoms with E-state index in [4.69, 9.17) is 13.5 Å². The van der Waals surface area contributed by atoms with Crippen molar-refractivity contribution < 1.29 is 21.9 Å². The maximum Gasteiger partial charge on any atom is 0.497 e. The fourth-order valence-electron chi connectivity index (χ4n) is 3.49. The molecule has 1 fully saturated rings. The van der Waals surface area contributed by atoms with E-state index < -0.39 is 28.4 Å². The van der Waals surface area contributed by atoms with Crippen molar-refractivity contribution in [2.75, 3.05) is 0 Å². The van der Waals surface area contributed by atoms with E-state index in [1.807, 2.05) is 58.5 Å². The highest BCUT2D eigenvalue weighted by Crippen LogP contribution is 2.37. The van der Waals surface area contributed by atoms with Crippen LogP contribution in [0.15, 0.2) is 53.6 Å². The summed E-state index contributed by atoms with van der Waals surface area (Å²) in [5, 5.41) is 0.826. The molecule has 3 aromatic rings. The topological polar surface area (TPSA) is 66.8 Å². The fourth-order valence-corrected chi connectivity index (χ4v) is 4.41. The molecule has 1 aliphatic heterocycles. The number of hydrogen-bond donors (Lipinski definition) is 0. The van der Waals surface area contributed by atoms with Crippen LogP contribution in [0.3, 0.4) is 0 Å². The van der Waals surface area contributed by atoms with Gasteiger partial charge < -0.3 is 18.1 Å². The zero-order valence-corrected chi connectivity index (χ0v) is 18.9. The average molecular weight is 427 g/mol. The van der Waals surface area contributed by atoms with Crippen LogP contribution < -0.4 is 9.65 Å². The lowest BCUT2D eigenvalue weighted by Gasteiger charge is -2.32. The molecule has 1 aromatic heterocycles. The van der Waals surface area contributed by atoms with Crippen molar-refractivity contribution in [1.82, 2.24) is 4.57 Å². The maximum atomic E-state index is 12.7. The predicted octanol–water partition coefficient (Wildman–Crippen LogP) is 3.55. The lowest BCUT2D eigenvalue weighted by atomic mass is 9.79. The van der Waals surface area contributed by atoms with E-state index in [0.29, 0.717) is 0 Å². The Labute approximate surface area is 178 Å². The molecule has 2 heterocycles. The second-order valence-electron chi connectivity index (χ2n) is 8.81. The Morgan fingerprint density at radius 3 is 2.17 bits per heavy atom. The van der Waals surface area contributed by atoms with Gasteiger partial charge in [-0.25, -0.2) is 0 Å². The third kappa shape index (κ3) is 3.53. The molecule has 1 aliphatic rings. The van der Waals surface area contributed by atoms with Crippen LogP contribution in [-0.4, -0.2) is 31.3 Å². The van der Waals surface area contributed by atoms with Crippen LogP contribution >= 0.6 is 0 Å². The van der Waals surface area contributed by atoms with E-state index >= 15 is 0 Å². The number of nitrogens with zero attached hydrogens (tertiary/aromatic N) is 1. The van der Waals surface area contributed by atoms with Crippen LogP contribution in [0, 0.1) is 6.92 Å². The van der Waals surface area contributed by atoms with Crippen molar-refractivity contribution in [2.24, 2.45) is 7.05 Å². The van der Waals surface area contributed by atoms with Gasteiger partial charge in [-0.3, -0.25) is 0 Å². The summed E-state index contributed by atoms with van der Waals surface area (Å²) >= 11 is 0. The Kier molecular flexibility index (Phi) is 4.80. The minimum atomic E-state index is -3.93. The number of rotatable bonds is 4. The minimum absolute atomic E-state index is 0.118. The zero-order valence-electron chi connectivity index (χ0n) is 18.1. The van der Waals surface area contributed by atoms with Gasteiger partial charge in [0, 0.05) is 29.6 Å². The van der Waals surface area contributed by atoms with Crippen LogP contribution in [0.5, 0.6) is 5.75 Å². The van der Waals surface area contributed by atoms with Crippen LogP contribution in [0.4, 0.5) is 0 Å². The van der Waals surface area contributed by atoms with Crippen molar-refractivity contribution >= 4 is 33.6 Å². The molecule has 0 amide bonds. The smallest absolute Gasteiger partial charge is 0.399 e. The highest BCUT2D eigenvalue weighted by atomic mass is 32.2. The summed E-state index contributed by atoms with van der Waals surface area (Å²) in [7, 11) is -2.55. The first kappa shape index (κ1) is 21.0. The first-order valence-electron chi connectivity index (χ1n) is 9.85. The van der Waals surface area contributed by atoms with Gasteiger partial charge in [-0.15, -0.1) is 0 Å². The Balaban J connectivity index is 1.71. The summed E-state index contributed by atoms with van der Waals surface area (Å²) < 4.78 is 45.2. The summed E-state index contributed by atoms with van der Waals surface area (Å²) in [4.78, 5) is 0.118. The van der Waals surface area contributed by atoms with E-state index in [1.54, 1.807) is 36.4 Å². The van der Waals surface area contributed by atoms with Gasteiger partial charge in [0.2, 0.25) is 0 Å². The fraction of sp³-hybridized carbons (Fsp3) is 0.364. The molecule has 158 valence electrons. The molecule has 0 spiro atoms. The number of aryl methyl sites for hydroxylation is 2. The third-order valence-electron chi connectivity index (χ3n) is 6.01. The van der Waals surface area contributed by atoms with Gasteiger partial charge in [-0.2, -0.15) is 8.42 Å². The van der Waals surface area contributed by atoms with Crippen molar-refractivity contribution in [3.8, 4) is 5.75 Å². The molecular formula is C22H26BNO5S. The first-order chi connectivity index (χ1) is 13.9. The lowest BCUT2D eigenvalue weighted by Crippen LogP contribution is -2.41. The number of aromatic nitrogens is 1. The van der Waals surface area contributed by atoms with Crippen LogP contribution in [-0.2, 0) is 26.5 Å². The van der Waals surface area contributed by atoms with Crippen LogP contribution in [0.1, 0.15) is 33.3 Å². The molecule has 6 nitrogen and oxygen atoms in total. The number of fused-ring (bicyclic) bond motifs is 1. The van der Waals surface area contributed by atoms with Gasteiger partial charge in [0.1, 0.15) is 10.6 Å². The van der Waals surface area contributed by atoms with Crippen molar-refractivity contribution in [3.63, 3.8) is 0 Å². The third-order valence-corrected chi connectivity index (χ3v) is 7.28. The molecule has 2 aromatic carbocycles. The van der Waals surface area contributed by atoms with Gasteiger partial charge in [0.15, 0.2) is 0 Å². The van der Waals surface area contributed by atoms with Crippen molar-refractivity contribution in [3.05, 3.63) is 54.2 Å². The van der Waals surface area contributed by atoms with Gasteiger partial charge in [0.05, 0.1) is 11.2 Å². The molecular weight excluding hydrogens is 401 g/mol. The van der Waals surface area contributed by atoms with Crippen molar-refractivity contribution in [2.45, 2.75) is 50.7 Å². The van der Waals surface area contributed by atoms with Gasteiger partial charge in [-0.1, -0.05) is 17.7 Å². The molecule has 0 aliphatic carbocycles. The highest BCUT2D eigenvalue weighted by Gasteiger charge is 2.52. The lowest BCUT2D eigenvalue weighted by molar-refractivity contribution is 0.00578. The minimum Gasteiger partial charge on any atom is -0.399 e. The standard InChI is InChI=1S/C22H26BNO5S/c1-15-7-10-17(11-8-15)30(25,26)27-16-9-12-20-18(13-16)19(14-24(20)6)23-28-21(2,3)22(4,5)29-23/h7-14H,1-6H3. The molecule has 0 N–H and O–H groups in total. The number of benzene rings is 2. The molecule has 30 heavy (non-hydrogen) atoms. The Morgan fingerprint density at radius 1 is 0.967 bits per heavy atom. The van der Waals surface area contributed by atoms with Gasteiger partial charge in [0.25, 0.3) is 0 Å². The van der Waals surface area contributed by atoms with Gasteiger partial charge >= 0.3 is 17.2 Å².